The molecule has 2 rings (SSSR count). The molecule has 0 spiro atoms. The smallest absolute Gasteiger partial charge is 0.218 e. The second-order valence-corrected chi connectivity index (χ2v) is 4.71. The Bertz CT molecular complexity index is 484. The first-order valence-electron chi connectivity index (χ1n) is 3.87. The van der Waals surface area contributed by atoms with Crippen LogP contribution in [0.25, 0.3) is 10.9 Å². The summed E-state index contributed by atoms with van der Waals surface area (Å²) in [6.07, 6.45) is 1.97. The molecule has 1 aromatic carbocycles. The summed E-state index contributed by atoms with van der Waals surface area (Å²) in [7, 11) is 0. The summed E-state index contributed by atoms with van der Waals surface area (Å²) in [6, 6.07) is 5.89. The van der Waals surface area contributed by atoms with Gasteiger partial charge in [0.2, 0.25) is 5.28 Å². The molecule has 5 heteroatoms. The van der Waals surface area contributed by atoms with Crippen LogP contribution >= 0.6 is 39.3 Å². The molecule has 72 valence electrons. The first-order valence-corrected chi connectivity index (χ1v) is 6.27. The Labute approximate surface area is 99.2 Å². The van der Waals surface area contributed by atoms with E-state index in [-0.39, 0.29) is 0 Å². The molecule has 0 unspecified atom stereocenters. The molecule has 0 atom stereocenters. The van der Waals surface area contributed by atoms with Gasteiger partial charge in [-0.15, -0.1) is 11.8 Å². The Morgan fingerprint density at radius 2 is 2.14 bits per heavy atom. The second kappa shape index (κ2) is 4.04. The summed E-state index contributed by atoms with van der Waals surface area (Å²) in [5, 5.41) is 2.23. The van der Waals surface area contributed by atoms with Gasteiger partial charge in [-0.25, -0.2) is 9.97 Å². The van der Waals surface area contributed by atoms with Crippen molar-refractivity contribution >= 4 is 50.2 Å². The predicted octanol–water partition coefficient (Wildman–Crippen LogP) is 3.77. The van der Waals surface area contributed by atoms with E-state index in [1.165, 1.54) is 0 Å². The van der Waals surface area contributed by atoms with Crippen LogP contribution < -0.4 is 0 Å². The van der Waals surface area contributed by atoms with Gasteiger partial charge in [0.05, 0.1) is 5.52 Å². The molecule has 1 aromatic heterocycles. The maximum atomic E-state index is 5.80. The molecule has 14 heavy (non-hydrogen) atoms. The summed E-state index contributed by atoms with van der Waals surface area (Å²) >= 11 is 10.8. The number of nitrogens with zero attached hydrogens (tertiary/aromatic N) is 2. The van der Waals surface area contributed by atoms with Gasteiger partial charge in [-0.1, -0.05) is 15.9 Å². The van der Waals surface area contributed by atoms with E-state index in [9.17, 15) is 0 Å². The molecule has 0 saturated heterocycles. The average Bonchev–Trinajstić information content (AvgIpc) is 2.15. The van der Waals surface area contributed by atoms with E-state index < -0.39 is 0 Å². The number of hydrogen-bond acceptors (Lipinski definition) is 3. The molecule has 0 radical (unpaired) electrons. The first-order chi connectivity index (χ1) is 6.70. The van der Waals surface area contributed by atoms with Crippen molar-refractivity contribution in [2.75, 3.05) is 6.26 Å². The van der Waals surface area contributed by atoms with Crippen molar-refractivity contribution in [3.63, 3.8) is 0 Å². The van der Waals surface area contributed by atoms with Crippen LogP contribution in [-0.4, -0.2) is 16.2 Å². The summed E-state index contributed by atoms with van der Waals surface area (Å²) in [5.74, 6) is 0. The summed E-state index contributed by atoms with van der Waals surface area (Å²) in [6.45, 7) is 0. The number of aromatic nitrogens is 2. The minimum atomic E-state index is 0.292. The second-order valence-electron chi connectivity index (χ2n) is 2.66. The van der Waals surface area contributed by atoms with Crippen molar-refractivity contribution in [3.8, 4) is 0 Å². The zero-order valence-corrected chi connectivity index (χ0v) is 10.4. The van der Waals surface area contributed by atoms with Crippen LogP contribution in [0.1, 0.15) is 0 Å². The standard InChI is InChI=1S/C9H6BrClN2S/c1-14-8-6-3-2-5(10)4-7(6)12-9(11)13-8/h2-4H,1H3. The van der Waals surface area contributed by atoms with Crippen LogP contribution in [0.4, 0.5) is 0 Å². The lowest BCUT2D eigenvalue weighted by molar-refractivity contribution is 1.10. The fourth-order valence-electron chi connectivity index (χ4n) is 1.20. The highest BCUT2D eigenvalue weighted by atomic mass is 79.9. The van der Waals surface area contributed by atoms with Gasteiger partial charge in [-0.3, -0.25) is 0 Å². The maximum absolute atomic E-state index is 5.80. The fourth-order valence-corrected chi connectivity index (χ4v) is 2.35. The zero-order valence-electron chi connectivity index (χ0n) is 7.29. The van der Waals surface area contributed by atoms with E-state index in [1.807, 2.05) is 24.5 Å². The Balaban J connectivity index is 2.81. The first kappa shape index (κ1) is 10.2. The number of fused-ring (bicyclic) bond motifs is 1. The molecule has 0 amide bonds. The van der Waals surface area contributed by atoms with E-state index in [0.717, 1.165) is 20.4 Å². The molecule has 0 fully saturated rings. The minimum Gasteiger partial charge on any atom is -0.218 e. The predicted molar refractivity (Wildman–Crippen MR) is 64.0 cm³/mol. The lowest BCUT2D eigenvalue weighted by Gasteiger charge is -2.03. The largest absolute Gasteiger partial charge is 0.224 e. The minimum absolute atomic E-state index is 0.292. The molecule has 1 heterocycles. The third kappa shape index (κ3) is 1.87. The Morgan fingerprint density at radius 1 is 1.36 bits per heavy atom. The van der Waals surface area contributed by atoms with E-state index in [0.29, 0.717) is 5.28 Å². The molecule has 2 aromatic rings. The molecule has 0 aliphatic heterocycles. The topological polar surface area (TPSA) is 25.8 Å². The average molecular weight is 290 g/mol. The van der Waals surface area contributed by atoms with Crippen molar-refractivity contribution in [2.45, 2.75) is 5.03 Å². The molecule has 0 saturated carbocycles. The van der Waals surface area contributed by atoms with Gasteiger partial charge < -0.3 is 0 Å². The SMILES string of the molecule is CSc1nc(Cl)nc2cc(Br)ccc12. The number of hydrogen-bond donors (Lipinski definition) is 0. The van der Waals surface area contributed by atoms with Crippen LogP contribution in [0.15, 0.2) is 27.7 Å². The van der Waals surface area contributed by atoms with E-state index in [4.69, 9.17) is 11.6 Å². The molecular formula is C9H6BrClN2S. The van der Waals surface area contributed by atoms with Crippen LogP contribution in [0.2, 0.25) is 5.28 Å². The third-order valence-corrected chi connectivity index (χ3v) is 3.15. The Hall–Kier alpha value is -0.320. The van der Waals surface area contributed by atoms with Gasteiger partial charge in [0.1, 0.15) is 5.03 Å². The van der Waals surface area contributed by atoms with Crippen LogP contribution in [0.5, 0.6) is 0 Å². The number of halogens is 2. The number of thioether (sulfide) groups is 1. The van der Waals surface area contributed by atoms with Gasteiger partial charge in [0.25, 0.3) is 0 Å². The Morgan fingerprint density at radius 3 is 2.86 bits per heavy atom. The van der Waals surface area contributed by atoms with Crippen LogP contribution in [0, 0.1) is 0 Å². The van der Waals surface area contributed by atoms with Gasteiger partial charge in [0, 0.05) is 9.86 Å². The number of benzene rings is 1. The lowest BCUT2D eigenvalue weighted by atomic mass is 10.2. The molecule has 2 nitrogen and oxygen atoms in total. The van der Waals surface area contributed by atoms with Gasteiger partial charge in [-0.2, -0.15) is 0 Å². The van der Waals surface area contributed by atoms with Crippen molar-refractivity contribution in [3.05, 3.63) is 28.0 Å². The Kier molecular flexibility index (Phi) is 2.95. The molecule has 0 bridgehead atoms. The highest BCUT2D eigenvalue weighted by Crippen LogP contribution is 2.26. The summed E-state index contributed by atoms with van der Waals surface area (Å²) in [5.41, 5.74) is 0.865. The highest BCUT2D eigenvalue weighted by Gasteiger charge is 2.05. The van der Waals surface area contributed by atoms with Crippen molar-refractivity contribution in [1.29, 1.82) is 0 Å². The van der Waals surface area contributed by atoms with Crippen LogP contribution in [-0.2, 0) is 0 Å². The van der Waals surface area contributed by atoms with Gasteiger partial charge in [0.15, 0.2) is 0 Å². The molecule has 0 aliphatic carbocycles. The third-order valence-electron chi connectivity index (χ3n) is 1.79. The number of rotatable bonds is 1. The summed E-state index contributed by atoms with van der Waals surface area (Å²) < 4.78 is 0.992. The zero-order chi connectivity index (χ0) is 10.1. The van der Waals surface area contributed by atoms with E-state index >= 15 is 0 Å². The van der Waals surface area contributed by atoms with Crippen molar-refractivity contribution < 1.29 is 0 Å². The van der Waals surface area contributed by atoms with E-state index in [1.54, 1.807) is 11.8 Å². The molecular weight excluding hydrogens is 284 g/mol. The van der Waals surface area contributed by atoms with Crippen molar-refractivity contribution in [2.24, 2.45) is 0 Å². The quantitative estimate of drug-likeness (QED) is 0.454. The molecule has 0 N–H and O–H groups in total. The maximum Gasteiger partial charge on any atom is 0.224 e. The fraction of sp³-hybridized carbons (Fsp3) is 0.111. The summed E-state index contributed by atoms with van der Waals surface area (Å²) in [4.78, 5) is 8.31. The van der Waals surface area contributed by atoms with Gasteiger partial charge in [-0.05, 0) is 36.1 Å². The molecule has 0 aliphatic rings. The normalized spacial score (nSPS) is 10.8. The van der Waals surface area contributed by atoms with Gasteiger partial charge >= 0.3 is 0 Å². The highest BCUT2D eigenvalue weighted by molar-refractivity contribution is 9.10. The van der Waals surface area contributed by atoms with Crippen molar-refractivity contribution in [1.82, 2.24) is 9.97 Å². The lowest BCUT2D eigenvalue weighted by Crippen LogP contribution is -1.88. The monoisotopic (exact) mass is 288 g/mol. The van der Waals surface area contributed by atoms with E-state index in [2.05, 4.69) is 25.9 Å². The van der Waals surface area contributed by atoms with Crippen LogP contribution in [0.3, 0.4) is 0 Å².